The number of fused-ring (bicyclic) bond motifs is 1. The van der Waals surface area contributed by atoms with Gasteiger partial charge in [0.2, 0.25) is 5.92 Å². The molecule has 6 nitrogen and oxygen atoms in total. The Labute approximate surface area is 196 Å². The Morgan fingerprint density at radius 3 is 2.44 bits per heavy atom. The van der Waals surface area contributed by atoms with E-state index >= 15 is 0 Å². The third kappa shape index (κ3) is 4.25. The van der Waals surface area contributed by atoms with Crippen molar-refractivity contribution >= 4 is 23.6 Å². The van der Waals surface area contributed by atoms with Crippen LogP contribution in [0.2, 0.25) is 0 Å². The lowest BCUT2D eigenvalue weighted by Crippen LogP contribution is -2.29. The summed E-state index contributed by atoms with van der Waals surface area (Å²) < 4.78 is 34.9. The molecule has 9 heteroatoms. The maximum Gasteiger partial charge on any atom is 0.488 e. The van der Waals surface area contributed by atoms with Crippen molar-refractivity contribution in [3.8, 4) is 22.3 Å². The standard InChI is InChI=1S/C25H26BF2N3O3/c1-15-23(16(2)34-30-15)19-11-22-24(29-12-19)21(18-3-5-20(6-4-18)26(32)33)14-31(22)13-17-7-9-25(27,28)10-8-17/h3-6,11-12,14,17,32-33H,7-10,13H2,1-2H3. The summed E-state index contributed by atoms with van der Waals surface area (Å²) in [6, 6.07) is 9.06. The van der Waals surface area contributed by atoms with E-state index in [4.69, 9.17) is 9.51 Å². The molecule has 0 unspecified atom stereocenters. The van der Waals surface area contributed by atoms with Gasteiger partial charge in [-0.3, -0.25) is 4.98 Å². The van der Waals surface area contributed by atoms with Gasteiger partial charge in [-0.1, -0.05) is 29.4 Å². The van der Waals surface area contributed by atoms with Crippen molar-refractivity contribution in [1.82, 2.24) is 14.7 Å². The summed E-state index contributed by atoms with van der Waals surface area (Å²) >= 11 is 0. The summed E-state index contributed by atoms with van der Waals surface area (Å²) in [7, 11) is -1.53. The van der Waals surface area contributed by atoms with Crippen LogP contribution in [0.4, 0.5) is 8.78 Å². The van der Waals surface area contributed by atoms with Crippen LogP contribution in [0.3, 0.4) is 0 Å². The lowest BCUT2D eigenvalue weighted by atomic mass is 9.80. The largest absolute Gasteiger partial charge is 0.488 e. The molecule has 0 amide bonds. The van der Waals surface area contributed by atoms with E-state index in [0.29, 0.717) is 30.6 Å². The van der Waals surface area contributed by atoms with Crippen molar-refractivity contribution in [2.45, 2.75) is 52.0 Å². The number of rotatable bonds is 5. The summed E-state index contributed by atoms with van der Waals surface area (Å²) in [5.41, 5.74) is 6.49. The fourth-order valence-electron chi connectivity index (χ4n) is 4.96. The van der Waals surface area contributed by atoms with Gasteiger partial charge in [-0.25, -0.2) is 8.78 Å². The van der Waals surface area contributed by atoms with Crippen LogP contribution in [0.5, 0.6) is 0 Å². The summed E-state index contributed by atoms with van der Waals surface area (Å²) in [6.07, 6.45) is 4.65. The van der Waals surface area contributed by atoms with Gasteiger partial charge in [0.15, 0.2) is 0 Å². The van der Waals surface area contributed by atoms with Crippen molar-refractivity contribution in [2.24, 2.45) is 5.92 Å². The van der Waals surface area contributed by atoms with Gasteiger partial charge in [0.25, 0.3) is 0 Å². The molecule has 176 valence electrons. The quantitative estimate of drug-likeness (QED) is 0.425. The molecule has 5 rings (SSSR count). The first-order valence-electron chi connectivity index (χ1n) is 11.5. The van der Waals surface area contributed by atoms with Crippen LogP contribution in [0, 0.1) is 19.8 Å². The van der Waals surface area contributed by atoms with Gasteiger partial charge in [-0.05, 0) is 49.7 Å². The zero-order valence-corrected chi connectivity index (χ0v) is 19.1. The molecule has 3 heterocycles. The SMILES string of the molecule is Cc1noc(C)c1-c1cnc2c(-c3ccc(B(O)O)cc3)cn(CC3CCC(F)(F)CC3)c2c1. The Morgan fingerprint density at radius 2 is 1.82 bits per heavy atom. The molecule has 0 aliphatic heterocycles. The molecule has 1 fully saturated rings. The van der Waals surface area contributed by atoms with Crippen LogP contribution in [-0.2, 0) is 6.54 Å². The maximum absolute atomic E-state index is 13.7. The molecule has 0 spiro atoms. The van der Waals surface area contributed by atoms with Gasteiger partial charge in [-0.2, -0.15) is 0 Å². The zero-order valence-electron chi connectivity index (χ0n) is 19.1. The number of aromatic nitrogens is 3. The molecule has 3 aromatic heterocycles. The molecule has 0 bridgehead atoms. The maximum atomic E-state index is 13.7. The van der Waals surface area contributed by atoms with Crippen LogP contribution in [0.25, 0.3) is 33.3 Å². The predicted octanol–water partition coefficient (Wildman–Crippen LogP) is 4.48. The highest BCUT2D eigenvalue weighted by Gasteiger charge is 2.35. The number of nitrogens with zero attached hydrogens (tertiary/aromatic N) is 3. The van der Waals surface area contributed by atoms with Crippen LogP contribution >= 0.6 is 0 Å². The van der Waals surface area contributed by atoms with Crippen LogP contribution in [0.1, 0.15) is 37.1 Å². The van der Waals surface area contributed by atoms with E-state index in [9.17, 15) is 18.8 Å². The van der Waals surface area contributed by atoms with Crippen molar-refractivity contribution < 1.29 is 23.4 Å². The molecular weight excluding hydrogens is 439 g/mol. The van der Waals surface area contributed by atoms with Gasteiger partial charge in [-0.15, -0.1) is 0 Å². The Bertz CT molecular complexity index is 1300. The molecule has 1 saturated carbocycles. The molecule has 1 aliphatic rings. The Morgan fingerprint density at radius 1 is 1.12 bits per heavy atom. The summed E-state index contributed by atoms with van der Waals surface area (Å²) in [5.74, 6) is -1.68. The second-order valence-electron chi connectivity index (χ2n) is 9.28. The fourth-order valence-corrected chi connectivity index (χ4v) is 4.96. The van der Waals surface area contributed by atoms with Crippen molar-refractivity contribution in [3.63, 3.8) is 0 Å². The number of benzene rings is 1. The van der Waals surface area contributed by atoms with Crippen LogP contribution < -0.4 is 5.46 Å². The smallest absolute Gasteiger partial charge is 0.423 e. The molecule has 34 heavy (non-hydrogen) atoms. The third-order valence-corrected chi connectivity index (χ3v) is 6.85. The van der Waals surface area contributed by atoms with Gasteiger partial charge in [0, 0.05) is 48.5 Å². The van der Waals surface area contributed by atoms with E-state index < -0.39 is 13.0 Å². The van der Waals surface area contributed by atoms with Gasteiger partial charge in [0.05, 0.1) is 16.7 Å². The lowest BCUT2D eigenvalue weighted by Gasteiger charge is -2.28. The first kappa shape index (κ1) is 22.7. The second kappa shape index (κ2) is 8.63. The molecule has 1 aliphatic carbocycles. The highest BCUT2D eigenvalue weighted by atomic mass is 19.3. The lowest BCUT2D eigenvalue weighted by molar-refractivity contribution is -0.0472. The van der Waals surface area contributed by atoms with Gasteiger partial charge in [0.1, 0.15) is 5.76 Å². The molecule has 1 aromatic carbocycles. The average Bonchev–Trinajstić information content (AvgIpc) is 3.34. The number of alkyl halides is 2. The highest BCUT2D eigenvalue weighted by Crippen LogP contribution is 2.39. The zero-order chi connectivity index (χ0) is 24.0. The first-order valence-corrected chi connectivity index (χ1v) is 11.5. The second-order valence-corrected chi connectivity index (χ2v) is 9.28. The van der Waals surface area contributed by atoms with Gasteiger partial charge >= 0.3 is 7.12 Å². The monoisotopic (exact) mass is 465 g/mol. The number of hydrogen-bond donors (Lipinski definition) is 2. The number of pyridine rings is 1. The minimum Gasteiger partial charge on any atom is -0.423 e. The molecule has 2 N–H and O–H groups in total. The number of halogens is 2. The highest BCUT2D eigenvalue weighted by molar-refractivity contribution is 6.58. The van der Waals surface area contributed by atoms with E-state index in [0.717, 1.165) is 39.0 Å². The summed E-state index contributed by atoms with van der Waals surface area (Å²) in [5, 5.41) is 22.9. The molecular formula is C25H26BF2N3O3. The predicted molar refractivity (Wildman–Crippen MR) is 127 cm³/mol. The first-order chi connectivity index (χ1) is 16.2. The third-order valence-electron chi connectivity index (χ3n) is 6.85. The Kier molecular flexibility index (Phi) is 5.77. The topological polar surface area (TPSA) is 84.3 Å². The molecule has 0 saturated heterocycles. The number of hydrogen-bond acceptors (Lipinski definition) is 5. The number of aryl methyl sites for hydroxylation is 2. The summed E-state index contributed by atoms with van der Waals surface area (Å²) in [6.45, 7) is 4.38. The van der Waals surface area contributed by atoms with E-state index in [2.05, 4.69) is 15.8 Å². The Balaban J connectivity index is 1.58. The van der Waals surface area contributed by atoms with E-state index in [1.54, 1.807) is 18.3 Å². The molecule has 0 radical (unpaired) electrons. The van der Waals surface area contributed by atoms with Gasteiger partial charge < -0.3 is 19.1 Å². The van der Waals surface area contributed by atoms with E-state index in [-0.39, 0.29) is 18.8 Å². The van der Waals surface area contributed by atoms with E-state index in [1.807, 2.05) is 32.2 Å². The van der Waals surface area contributed by atoms with Crippen LogP contribution in [-0.4, -0.2) is 37.8 Å². The molecule has 0 atom stereocenters. The fraction of sp³-hybridized carbons (Fsp3) is 0.360. The average molecular weight is 465 g/mol. The molecule has 4 aromatic rings. The summed E-state index contributed by atoms with van der Waals surface area (Å²) in [4.78, 5) is 4.78. The van der Waals surface area contributed by atoms with Crippen LogP contribution in [0.15, 0.2) is 47.2 Å². The van der Waals surface area contributed by atoms with E-state index in [1.165, 1.54) is 0 Å². The Hall–Kier alpha value is -3.04. The van der Waals surface area contributed by atoms with Crippen molar-refractivity contribution in [2.75, 3.05) is 0 Å². The van der Waals surface area contributed by atoms with Crippen molar-refractivity contribution in [1.29, 1.82) is 0 Å². The normalized spacial score (nSPS) is 16.3. The minimum absolute atomic E-state index is 0.0722. The van der Waals surface area contributed by atoms with Crippen molar-refractivity contribution in [3.05, 3.63) is 54.2 Å². The minimum atomic E-state index is -2.56.